The summed E-state index contributed by atoms with van der Waals surface area (Å²) in [6, 6.07) is 23.8. The van der Waals surface area contributed by atoms with Gasteiger partial charge in [-0.3, -0.25) is 19.2 Å². The van der Waals surface area contributed by atoms with Gasteiger partial charge in [0.05, 0.1) is 0 Å². The first-order chi connectivity index (χ1) is 32.6. The van der Waals surface area contributed by atoms with Gasteiger partial charge < -0.3 is 52.8 Å². The molecule has 18 heteroatoms. The van der Waals surface area contributed by atoms with Gasteiger partial charge in [0.15, 0.2) is 0 Å². The van der Waals surface area contributed by atoms with Crippen molar-refractivity contribution in [2.75, 3.05) is 26.2 Å². The third kappa shape index (κ3) is 27.4. The van der Waals surface area contributed by atoms with Crippen molar-refractivity contribution in [3.63, 3.8) is 0 Å². The molecule has 0 aliphatic rings. The lowest BCUT2D eigenvalue weighted by Crippen LogP contribution is -2.57. The Hall–Kier alpha value is -5.42. The molecule has 0 fully saturated rings. The topological polar surface area (TPSA) is 245 Å². The zero-order valence-electron chi connectivity index (χ0n) is 40.3. The Morgan fingerprint density at radius 3 is 1.26 bits per heavy atom. The summed E-state index contributed by atoms with van der Waals surface area (Å²) in [4.78, 5) is 81.1. The molecule has 0 radical (unpaired) electrons. The second-order valence-electron chi connectivity index (χ2n) is 16.7. The van der Waals surface area contributed by atoms with E-state index >= 15 is 0 Å². The van der Waals surface area contributed by atoms with E-state index in [1.807, 2.05) is 91.0 Å². The maximum absolute atomic E-state index is 14.3. The SMILES string of the molecule is CCCCCCCCNC(=O)[C@H](Cc1ccccc1)NC(=O)[C@H](CCCCNC(=O)[C@H](CCCCN)NC(=O)OCc1ccccc1)NC(=O)[C@H](CCCCN)NC(=O)OCc1ccccc1.Cl.Cl. The van der Waals surface area contributed by atoms with Crippen LogP contribution in [0.5, 0.6) is 0 Å². The van der Waals surface area contributed by atoms with Gasteiger partial charge in [-0.25, -0.2) is 9.59 Å². The molecule has 384 valence electrons. The third-order valence-electron chi connectivity index (χ3n) is 11.1. The molecule has 0 saturated carbocycles. The second-order valence-corrected chi connectivity index (χ2v) is 16.7. The van der Waals surface area contributed by atoms with Crippen LogP contribution < -0.4 is 43.4 Å². The third-order valence-corrected chi connectivity index (χ3v) is 11.1. The summed E-state index contributed by atoms with van der Waals surface area (Å²) in [5.74, 6) is -1.89. The molecule has 0 spiro atoms. The summed E-state index contributed by atoms with van der Waals surface area (Å²) in [5, 5.41) is 17.0. The molecule has 3 rings (SSSR count). The van der Waals surface area contributed by atoms with E-state index in [2.05, 4.69) is 38.8 Å². The molecule has 0 aliphatic heterocycles. The van der Waals surface area contributed by atoms with E-state index in [-0.39, 0.29) is 69.7 Å². The lowest BCUT2D eigenvalue weighted by atomic mass is 10.0. The largest absolute Gasteiger partial charge is 0.445 e. The predicted molar refractivity (Wildman–Crippen MR) is 275 cm³/mol. The van der Waals surface area contributed by atoms with E-state index in [1.165, 1.54) is 6.42 Å². The fraction of sp³-hybridized carbons (Fsp3) is 0.529. The molecule has 0 aromatic heterocycles. The summed E-state index contributed by atoms with van der Waals surface area (Å²) in [7, 11) is 0. The Bertz CT molecular complexity index is 1870. The number of alkyl carbamates (subject to hydrolysis) is 2. The number of benzene rings is 3. The summed E-state index contributed by atoms with van der Waals surface area (Å²) in [6.45, 7) is 3.72. The van der Waals surface area contributed by atoms with E-state index < -0.39 is 54.1 Å². The molecule has 10 N–H and O–H groups in total. The smallest absolute Gasteiger partial charge is 0.408 e. The average Bonchev–Trinajstić information content (AvgIpc) is 3.34. The lowest BCUT2D eigenvalue weighted by molar-refractivity contribution is -0.132. The first kappa shape index (κ1) is 61.6. The van der Waals surface area contributed by atoms with Crippen molar-refractivity contribution < 1.29 is 38.2 Å². The van der Waals surface area contributed by atoms with Crippen LogP contribution >= 0.6 is 24.8 Å². The Labute approximate surface area is 421 Å². The van der Waals surface area contributed by atoms with Crippen molar-refractivity contribution in [3.8, 4) is 0 Å². The van der Waals surface area contributed by atoms with E-state index in [4.69, 9.17) is 20.9 Å². The van der Waals surface area contributed by atoms with Gasteiger partial charge in [0.2, 0.25) is 23.6 Å². The van der Waals surface area contributed by atoms with Crippen molar-refractivity contribution in [2.24, 2.45) is 11.5 Å². The molecule has 3 aromatic rings. The molecule has 0 heterocycles. The highest BCUT2D eigenvalue weighted by atomic mass is 35.5. The number of nitrogens with two attached hydrogens (primary N) is 2. The summed E-state index contributed by atoms with van der Waals surface area (Å²) >= 11 is 0. The van der Waals surface area contributed by atoms with Crippen molar-refractivity contribution in [1.29, 1.82) is 0 Å². The van der Waals surface area contributed by atoms with Gasteiger partial charge in [-0.15, -0.1) is 24.8 Å². The minimum atomic E-state index is -1.11. The zero-order chi connectivity index (χ0) is 48.3. The number of carbonyl (C=O) groups is 6. The highest BCUT2D eigenvalue weighted by molar-refractivity contribution is 5.94. The molecule has 16 nitrogen and oxygen atoms in total. The van der Waals surface area contributed by atoms with Crippen molar-refractivity contribution in [2.45, 2.75) is 147 Å². The number of halogens is 2. The zero-order valence-corrected chi connectivity index (χ0v) is 41.9. The second kappa shape index (κ2) is 38.4. The monoisotopic (exact) mass is 1000 g/mol. The number of ether oxygens (including phenoxy) is 2. The number of carbonyl (C=O) groups excluding carboxylic acids is 6. The average molecular weight is 1000 g/mol. The van der Waals surface area contributed by atoms with Gasteiger partial charge in [-0.2, -0.15) is 0 Å². The molecular weight excluding hydrogens is 924 g/mol. The summed E-state index contributed by atoms with van der Waals surface area (Å²) < 4.78 is 10.8. The summed E-state index contributed by atoms with van der Waals surface area (Å²) in [6.07, 6.45) is 8.99. The molecule has 0 bridgehead atoms. The first-order valence-electron chi connectivity index (χ1n) is 24.2. The number of unbranched alkanes of at least 4 members (excludes halogenated alkanes) is 8. The Balaban J connectivity index is 0.0000119. The normalized spacial score (nSPS) is 12.3. The molecule has 0 saturated heterocycles. The molecule has 0 unspecified atom stereocenters. The molecule has 4 atom stereocenters. The van der Waals surface area contributed by atoms with Crippen LogP contribution in [0.3, 0.4) is 0 Å². The number of hydrogen-bond donors (Lipinski definition) is 8. The van der Waals surface area contributed by atoms with Crippen LogP contribution in [0.1, 0.15) is 120 Å². The predicted octanol–water partition coefficient (Wildman–Crippen LogP) is 6.65. The Kier molecular flexibility index (Phi) is 34.3. The first-order valence-corrected chi connectivity index (χ1v) is 24.2. The number of hydrogen-bond acceptors (Lipinski definition) is 10. The highest BCUT2D eigenvalue weighted by Gasteiger charge is 2.30. The van der Waals surface area contributed by atoms with Gasteiger partial charge in [0.25, 0.3) is 0 Å². The number of rotatable bonds is 34. The van der Waals surface area contributed by atoms with Gasteiger partial charge in [-0.05, 0) is 94.0 Å². The highest BCUT2D eigenvalue weighted by Crippen LogP contribution is 2.11. The quantitative estimate of drug-likeness (QED) is 0.0296. The maximum atomic E-state index is 14.3. The summed E-state index contributed by atoms with van der Waals surface area (Å²) in [5.41, 5.74) is 13.9. The number of amides is 6. The molecule has 3 aromatic carbocycles. The van der Waals surface area contributed by atoms with Crippen molar-refractivity contribution >= 4 is 60.6 Å². The molecular formula is C51H78Cl2N8O8. The van der Waals surface area contributed by atoms with Gasteiger partial charge in [-0.1, -0.05) is 130 Å². The maximum Gasteiger partial charge on any atom is 0.408 e. The minimum absolute atomic E-state index is 0. The van der Waals surface area contributed by atoms with Crippen LogP contribution in [0.2, 0.25) is 0 Å². The van der Waals surface area contributed by atoms with Crippen LogP contribution in [-0.2, 0) is 48.3 Å². The van der Waals surface area contributed by atoms with Crippen LogP contribution in [-0.4, -0.2) is 86.2 Å². The van der Waals surface area contributed by atoms with Crippen LogP contribution in [0.4, 0.5) is 9.59 Å². The number of nitrogens with one attached hydrogen (secondary N) is 6. The minimum Gasteiger partial charge on any atom is -0.445 e. The fourth-order valence-corrected chi connectivity index (χ4v) is 7.26. The van der Waals surface area contributed by atoms with Gasteiger partial charge in [0.1, 0.15) is 37.4 Å². The van der Waals surface area contributed by atoms with Crippen LogP contribution in [0, 0.1) is 0 Å². The van der Waals surface area contributed by atoms with Crippen molar-refractivity contribution in [3.05, 3.63) is 108 Å². The van der Waals surface area contributed by atoms with Crippen molar-refractivity contribution in [1.82, 2.24) is 31.9 Å². The van der Waals surface area contributed by atoms with Gasteiger partial charge >= 0.3 is 12.2 Å². The standard InChI is InChI=1S/C51H76N8O8.2ClH/c1-2-3-4-5-6-21-34-55-47(61)45(36-39-23-10-7-11-24-39)57-48(62)43(56-49(63)44(30-17-20-33-53)59-51(65)67-38-41-27-14-9-15-28-41)31-18-22-35-54-46(60)42(29-16-19-32-52)58-50(64)66-37-40-25-12-8-13-26-40;;/h7-15,23-28,42-45H,2-6,16-22,29-38,52-53H2,1H3,(H,54,60)(H,55,61)(H,56,63)(H,57,62)(H,58,64)(H,59,65);2*1H/t42-,43-,44-,45-;;/m0../s1. The van der Waals surface area contributed by atoms with E-state index in [0.29, 0.717) is 64.6 Å². The fourth-order valence-electron chi connectivity index (χ4n) is 7.26. The van der Waals surface area contributed by atoms with E-state index in [9.17, 15) is 28.8 Å². The van der Waals surface area contributed by atoms with E-state index in [1.54, 1.807) is 0 Å². The van der Waals surface area contributed by atoms with Crippen LogP contribution in [0.25, 0.3) is 0 Å². The van der Waals surface area contributed by atoms with E-state index in [0.717, 1.165) is 48.8 Å². The van der Waals surface area contributed by atoms with Gasteiger partial charge in [0, 0.05) is 19.5 Å². The molecule has 69 heavy (non-hydrogen) atoms. The molecule has 0 aliphatic carbocycles. The Morgan fingerprint density at radius 2 is 0.797 bits per heavy atom. The Morgan fingerprint density at radius 1 is 0.435 bits per heavy atom. The lowest BCUT2D eigenvalue weighted by Gasteiger charge is -2.26. The molecule has 6 amide bonds. The van der Waals surface area contributed by atoms with Crippen LogP contribution in [0.15, 0.2) is 91.0 Å².